The van der Waals surface area contributed by atoms with Gasteiger partial charge in [0.1, 0.15) is 0 Å². The Kier molecular flexibility index (Phi) is 8.82. The Morgan fingerprint density at radius 2 is 1.08 bits per heavy atom. The minimum atomic E-state index is 0.0847. The van der Waals surface area contributed by atoms with Crippen LogP contribution in [0.5, 0.6) is 0 Å². The van der Waals surface area contributed by atoms with E-state index in [1.807, 2.05) is 0 Å². The predicted molar refractivity (Wildman–Crippen MR) is 274 cm³/mol. The van der Waals surface area contributed by atoms with E-state index in [1.54, 1.807) is 11.1 Å². The summed E-state index contributed by atoms with van der Waals surface area (Å²) in [6.07, 6.45) is 5.42. The van der Waals surface area contributed by atoms with Crippen molar-refractivity contribution < 1.29 is 0 Å². The lowest BCUT2D eigenvalue weighted by molar-refractivity contribution is 0.0426. The predicted octanol–water partition coefficient (Wildman–Crippen LogP) is 17.1. The van der Waals surface area contributed by atoms with Gasteiger partial charge in [0.15, 0.2) is 0 Å². The second-order valence-electron chi connectivity index (χ2n) is 19.5. The van der Waals surface area contributed by atoms with E-state index in [-0.39, 0.29) is 5.41 Å². The fourth-order valence-electron chi connectivity index (χ4n) is 13.5. The molecule has 5 unspecified atom stereocenters. The van der Waals surface area contributed by atoms with Crippen LogP contribution in [-0.2, 0) is 5.41 Å². The van der Waals surface area contributed by atoms with Crippen LogP contribution in [0.2, 0.25) is 0 Å². The summed E-state index contributed by atoms with van der Waals surface area (Å²) < 4.78 is 2.46. The lowest BCUT2D eigenvalue weighted by Gasteiger charge is -2.54. The molecule has 2 nitrogen and oxygen atoms in total. The molecule has 3 aliphatic rings. The highest BCUT2D eigenvalue weighted by Crippen LogP contribution is 2.65. The molecule has 0 saturated heterocycles. The quantitative estimate of drug-likeness (QED) is 0.162. The molecule has 1 aromatic heterocycles. The highest BCUT2D eigenvalue weighted by molar-refractivity contribution is 6.16. The van der Waals surface area contributed by atoms with Gasteiger partial charge in [0, 0.05) is 32.9 Å². The van der Waals surface area contributed by atoms with Crippen molar-refractivity contribution in [2.75, 3.05) is 4.90 Å². The number of aromatic nitrogens is 1. The van der Waals surface area contributed by atoms with Gasteiger partial charge in [0.2, 0.25) is 0 Å². The van der Waals surface area contributed by atoms with Gasteiger partial charge in [-0.05, 0) is 148 Å². The first-order valence-electron chi connectivity index (χ1n) is 23.9. The second-order valence-corrected chi connectivity index (χ2v) is 19.5. The van der Waals surface area contributed by atoms with Gasteiger partial charge in [-0.2, -0.15) is 0 Å². The fourth-order valence-corrected chi connectivity index (χ4v) is 13.5. The number of para-hydroxylation sites is 3. The van der Waals surface area contributed by atoms with E-state index in [0.29, 0.717) is 11.8 Å². The number of hydrogen-bond donors (Lipinski definition) is 0. The average Bonchev–Trinajstić information content (AvgIpc) is 3.85. The third-order valence-electron chi connectivity index (χ3n) is 15.9. The van der Waals surface area contributed by atoms with Gasteiger partial charge in [-0.25, -0.2) is 0 Å². The molecule has 9 aromatic carbocycles. The second kappa shape index (κ2) is 15.0. The molecule has 65 heavy (non-hydrogen) atoms. The highest BCUT2D eigenvalue weighted by atomic mass is 15.2. The lowest BCUT2D eigenvalue weighted by atomic mass is 9.49. The number of rotatable bonds is 6. The van der Waals surface area contributed by atoms with Gasteiger partial charge in [0.25, 0.3) is 0 Å². The van der Waals surface area contributed by atoms with Gasteiger partial charge in [-0.1, -0.05) is 172 Å². The molecule has 5 atom stereocenters. The monoisotopic (exact) mass is 836 g/mol. The highest BCUT2D eigenvalue weighted by Gasteiger charge is 2.56. The molecule has 0 amide bonds. The van der Waals surface area contributed by atoms with Crippen molar-refractivity contribution in [2.24, 2.45) is 23.7 Å². The zero-order valence-corrected chi connectivity index (χ0v) is 37.2. The van der Waals surface area contributed by atoms with Crippen LogP contribution in [0.15, 0.2) is 206 Å². The molecular formula is C63H52N2. The largest absolute Gasteiger partial charge is 0.308 e. The number of fused-ring (bicyclic) bond motifs is 12. The van der Waals surface area contributed by atoms with E-state index < -0.39 is 0 Å². The zero-order chi connectivity index (χ0) is 43.2. The molecular weight excluding hydrogens is 785 g/mol. The third kappa shape index (κ3) is 5.79. The van der Waals surface area contributed by atoms with Crippen molar-refractivity contribution >= 4 is 49.6 Å². The van der Waals surface area contributed by atoms with E-state index in [4.69, 9.17) is 0 Å². The number of nitrogens with zero attached hydrogens (tertiary/aromatic N) is 2. The van der Waals surface area contributed by atoms with Crippen LogP contribution < -0.4 is 4.90 Å². The Morgan fingerprint density at radius 1 is 0.446 bits per heavy atom. The van der Waals surface area contributed by atoms with E-state index in [0.717, 1.165) is 34.6 Å². The first kappa shape index (κ1) is 38.3. The van der Waals surface area contributed by atoms with Crippen molar-refractivity contribution in [3.63, 3.8) is 0 Å². The number of hydrogen-bond acceptors (Lipinski definition) is 1. The summed E-state index contributed by atoms with van der Waals surface area (Å²) >= 11 is 0. The van der Waals surface area contributed by atoms with Gasteiger partial charge in [-0.15, -0.1) is 0 Å². The molecule has 314 valence electrons. The standard InChI is InChI=1S/C63H52N2/c1-41-36-43-38-42(2)63(47(37-41)39-43)57-26-11-9-20-52(57)56-40-46(32-35-58(56)63)50-22-13-24-53-51(50)23-14-28-59(53)64(49-33-30-45(31-34-49)44-16-5-3-6-17-44)61-29-15-25-55-54-21-10-12-27-60(54)65(62(55)61)48-18-7-4-8-19-48/h3-35,40-43,47H,36-39H2,1-2H3. The first-order chi connectivity index (χ1) is 32.1. The third-order valence-corrected chi connectivity index (χ3v) is 15.9. The van der Waals surface area contributed by atoms with Gasteiger partial charge < -0.3 is 9.47 Å². The van der Waals surface area contributed by atoms with Gasteiger partial charge >= 0.3 is 0 Å². The molecule has 1 spiro atoms. The summed E-state index contributed by atoms with van der Waals surface area (Å²) in [5, 5.41) is 4.95. The Balaban J connectivity index is 1.02. The van der Waals surface area contributed by atoms with E-state index in [2.05, 4.69) is 230 Å². The SMILES string of the molecule is CC1CC2CC(C)C3(c4ccccc4-c4cc(-c5cccc6c(N(c7ccc(-c8ccccc8)cc7)c7cccc8c9ccccc9n(-c9ccccc9)c78)cccc56)ccc43)C(C1)C2. The number of benzene rings is 9. The molecule has 2 fully saturated rings. The molecule has 2 heteroatoms. The molecule has 2 saturated carbocycles. The lowest BCUT2D eigenvalue weighted by Crippen LogP contribution is -2.49. The van der Waals surface area contributed by atoms with Crippen molar-refractivity contribution in [3.05, 3.63) is 217 Å². The average molecular weight is 837 g/mol. The topological polar surface area (TPSA) is 8.17 Å². The summed E-state index contributed by atoms with van der Waals surface area (Å²) in [5.74, 6) is 2.95. The van der Waals surface area contributed by atoms with E-state index in [9.17, 15) is 0 Å². The van der Waals surface area contributed by atoms with Crippen LogP contribution in [0.25, 0.3) is 71.6 Å². The molecule has 0 N–H and O–H groups in total. The number of anilines is 3. The van der Waals surface area contributed by atoms with Crippen molar-refractivity contribution in [1.82, 2.24) is 4.57 Å². The summed E-state index contributed by atoms with van der Waals surface area (Å²) in [6.45, 7) is 5.08. The smallest absolute Gasteiger partial charge is 0.0782 e. The van der Waals surface area contributed by atoms with E-state index >= 15 is 0 Å². The minimum Gasteiger partial charge on any atom is -0.308 e. The Bertz CT molecular complexity index is 3430. The van der Waals surface area contributed by atoms with Crippen molar-refractivity contribution in [1.29, 1.82) is 0 Å². The maximum atomic E-state index is 2.57. The van der Waals surface area contributed by atoms with Crippen LogP contribution in [-0.4, -0.2) is 4.57 Å². The maximum Gasteiger partial charge on any atom is 0.0782 e. The fraction of sp³-hybridized carbons (Fsp3) is 0.175. The van der Waals surface area contributed by atoms with Crippen molar-refractivity contribution in [3.8, 4) is 39.1 Å². The van der Waals surface area contributed by atoms with Crippen LogP contribution in [0.1, 0.15) is 50.7 Å². The van der Waals surface area contributed by atoms with Crippen LogP contribution in [0.3, 0.4) is 0 Å². The summed E-state index contributed by atoms with van der Waals surface area (Å²) in [4.78, 5) is 2.51. The molecule has 1 heterocycles. The van der Waals surface area contributed by atoms with E-state index in [1.165, 1.54) is 91.6 Å². The Labute approximate surface area is 382 Å². The van der Waals surface area contributed by atoms with Crippen LogP contribution in [0.4, 0.5) is 17.1 Å². The Morgan fingerprint density at radius 3 is 1.92 bits per heavy atom. The summed E-state index contributed by atoms with van der Waals surface area (Å²) in [7, 11) is 0. The normalized spacial score (nSPS) is 20.9. The molecule has 0 aliphatic heterocycles. The molecule has 10 aromatic rings. The molecule has 2 bridgehead atoms. The van der Waals surface area contributed by atoms with Crippen LogP contribution in [0, 0.1) is 23.7 Å². The first-order valence-corrected chi connectivity index (χ1v) is 23.9. The summed E-state index contributed by atoms with van der Waals surface area (Å²) in [5.41, 5.74) is 18.0. The zero-order valence-electron chi connectivity index (χ0n) is 37.2. The maximum absolute atomic E-state index is 2.57. The molecule has 0 radical (unpaired) electrons. The summed E-state index contributed by atoms with van der Waals surface area (Å²) in [6, 6.07) is 77.2. The van der Waals surface area contributed by atoms with Crippen molar-refractivity contribution in [2.45, 2.75) is 44.9 Å². The molecule has 3 aliphatic carbocycles. The Hall–Kier alpha value is -7.16. The van der Waals surface area contributed by atoms with Gasteiger partial charge in [0.05, 0.1) is 22.4 Å². The molecule has 13 rings (SSSR count). The minimum absolute atomic E-state index is 0.0847. The van der Waals surface area contributed by atoms with Crippen LogP contribution >= 0.6 is 0 Å². The van der Waals surface area contributed by atoms with Gasteiger partial charge in [-0.3, -0.25) is 0 Å².